The van der Waals surface area contributed by atoms with Crippen molar-refractivity contribution in [1.29, 1.82) is 0 Å². The van der Waals surface area contributed by atoms with Crippen LogP contribution in [0.1, 0.15) is 40.9 Å². The summed E-state index contributed by atoms with van der Waals surface area (Å²) >= 11 is 8.00. The van der Waals surface area contributed by atoms with Gasteiger partial charge in [0.1, 0.15) is 0 Å². The molecule has 124 valence electrons. The van der Waals surface area contributed by atoms with Crippen molar-refractivity contribution in [2.45, 2.75) is 31.3 Å². The number of benzene rings is 1. The Bertz CT molecular complexity index is 657. The molecule has 0 bridgehead atoms. The summed E-state index contributed by atoms with van der Waals surface area (Å²) in [4.78, 5) is 8.64. The molecule has 1 saturated carbocycles. The largest absolute Gasteiger partial charge is 0.314 e. The highest BCUT2D eigenvalue weighted by molar-refractivity contribution is 7.09. The van der Waals surface area contributed by atoms with Gasteiger partial charge in [0.25, 0.3) is 0 Å². The van der Waals surface area contributed by atoms with Gasteiger partial charge in [-0.1, -0.05) is 23.7 Å². The first-order chi connectivity index (χ1) is 10.8. The maximum Gasteiger partial charge on any atom is 0.0798 e. The van der Waals surface area contributed by atoms with Crippen molar-refractivity contribution in [2.24, 2.45) is 0 Å². The molecular weight excluding hydrogens is 349 g/mol. The van der Waals surface area contributed by atoms with Crippen LogP contribution in [-0.2, 0) is 6.54 Å². The number of halogens is 2. The van der Waals surface area contributed by atoms with Crippen molar-refractivity contribution in [3.05, 3.63) is 50.9 Å². The molecule has 2 aromatic rings. The zero-order chi connectivity index (χ0) is 14.9. The van der Waals surface area contributed by atoms with Crippen molar-refractivity contribution < 1.29 is 0 Å². The first-order valence-electron chi connectivity index (χ1n) is 7.94. The zero-order valence-corrected chi connectivity index (χ0v) is 15.3. The van der Waals surface area contributed by atoms with Crippen LogP contribution in [0.3, 0.4) is 0 Å². The van der Waals surface area contributed by atoms with E-state index in [-0.39, 0.29) is 12.4 Å². The molecule has 1 aromatic heterocycles. The molecule has 4 rings (SSSR count). The lowest BCUT2D eigenvalue weighted by Gasteiger charge is -2.36. The summed E-state index contributed by atoms with van der Waals surface area (Å²) in [5.41, 5.74) is 4.67. The number of piperazine rings is 1. The predicted octanol–water partition coefficient (Wildman–Crippen LogP) is 4.24. The molecule has 0 amide bonds. The second-order valence-electron chi connectivity index (χ2n) is 6.18. The minimum atomic E-state index is 0. The molecule has 0 radical (unpaired) electrons. The van der Waals surface area contributed by atoms with Crippen LogP contribution < -0.4 is 5.32 Å². The van der Waals surface area contributed by atoms with Crippen LogP contribution in [0.25, 0.3) is 0 Å². The third kappa shape index (κ3) is 3.89. The molecule has 1 unspecified atom stereocenters. The van der Waals surface area contributed by atoms with Gasteiger partial charge < -0.3 is 5.32 Å². The fraction of sp³-hybridized carbons (Fsp3) is 0.471. The second kappa shape index (κ2) is 7.49. The van der Waals surface area contributed by atoms with Gasteiger partial charge in [-0.3, -0.25) is 4.90 Å². The van der Waals surface area contributed by atoms with E-state index in [1.54, 1.807) is 0 Å². The van der Waals surface area contributed by atoms with Gasteiger partial charge in [0.15, 0.2) is 0 Å². The molecule has 0 spiro atoms. The number of thiazole rings is 1. The first kappa shape index (κ1) is 17.2. The molecule has 1 N–H and O–H groups in total. The molecule has 2 aliphatic rings. The van der Waals surface area contributed by atoms with E-state index in [0.29, 0.717) is 6.04 Å². The van der Waals surface area contributed by atoms with Gasteiger partial charge in [0.05, 0.1) is 11.2 Å². The van der Waals surface area contributed by atoms with E-state index >= 15 is 0 Å². The Labute approximate surface area is 152 Å². The number of hydrogen-bond donors (Lipinski definition) is 1. The lowest BCUT2D eigenvalue weighted by atomic mass is 10.0. The normalized spacial score (nSPS) is 21.9. The Hall–Kier alpha value is -0.650. The standard InChI is InChI=1S/C17H20ClN3S.ClH/c18-14-3-1-2-13(8-14)15-9-19-6-7-21(15)10-16-17(12-4-5-12)20-11-22-16;/h1-3,8,11-12,15,19H,4-7,9-10H2;1H. The average Bonchev–Trinajstić information content (AvgIpc) is 3.28. The van der Waals surface area contributed by atoms with Crippen LogP contribution in [-0.4, -0.2) is 29.5 Å². The van der Waals surface area contributed by atoms with Gasteiger partial charge in [-0.05, 0) is 30.5 Å². The van der Waals surface area contributed by atoms with Crippen LogP contribution in [0.15, 0.2) is 29.8 Å². The van der Waals surface area contributed by atoms with Crippen molar-refractivity contribution in [1.82, 2.24) is 15.2 Å². The number of hydrogen-bond acceptors (Lipinski definition) is 4. The van der Waals surface area contributed by atoms with E-state index in [2.05, 4.69) is 27.3 Å². The highest BCUT2D eigenvalue weighted by Crippen LogP contribution is 2.42. The minimum Gasteiger partial charge on any atom is -0.314 e. The SMILES string of the molecule is Cl.Clc1cccc(C2CNCCN2Cc2scnc2C2CC2)c1. The molecule has 1 aliphatic carbocycles. The lowest BCUT2D eigenvalue weighted by molar-refractivity contribution is 0.154. The van der Waals surface area contributed by atoms with Gasteiger partial charge in [0, 0.05) is 48.0 Å². The van der Waals surface area contributed by atoms with Crippen molar-refractivity contribution in [3.8, 4) is 0 Å². The molecule has 2 heterocycles. The molecule has 2 fully saturated rings. The summed E-state index contributed by atoms with van der Waals surface area (Å²) in [6.07, 6.45) is 2.63. The highest BCUT2D eigenvalue weighted by Gasteiger charge is 2.30. The summed E-state index contributed by atoms with van der Waals surface area (Å²) < 4.78 is 0. The van der Waals surface area contributed by atoms with E-state index in [1.165, 1.54) is 29.0 Å². The van der Waals surface area contributed by atoms with Crippen molar-refractivity contribution in [3.63, 3.8) is 0 Å². The van der Waals surface area contributed by atoms with E-state index in [9.17, 15) is 0 Å². The molecule has 1 aromatic carbocycles. The molecular formula is C17H21Cl2N3S. The third-order valence-corrected chi connectivity index (χ3v) is 5.64. The van der Waals surface area contributed by atoms with Gasteiger partial charge in [-0.25, -0.2) is 4.98 Å². The first-order valence-corrected chi connectivity index (χ1v) is 9.19. The van der Waals surface area contributed by atoms with E-state index in [1.807, 2.05) is 29.0 Å². The maximum atomic E-state index is 6.18. The Morgan fingerprint density at radius 3 is 3.00 bits per heavy atom. The average molecular weight is 370 g/mol. The molecule has 23 heavy (non-hydrogen) atoms. The number of aromatic nitrogens is 1. The van der Waals surface area contributed by atoms with E-state index in [0.717, 1.165) is 37.1 Å². The molecule has 1 atom stereocenters. The number of rotatable bonds is 4. The van der Waals surface area contributed by atoms with Gasteiger partial charge in [-0.15, -0.1) is 23.7 Å². The van der Waals surface area contributed by atoms with Crippen LogP contribution in [0.2, 0.25) is 5.02 Å². The summed E-state index contributed by atoms with van der Waals surface area (Å²) in [5.74, 6) is 0.730. The van der Waals surface area contributed by atoms with Crippen molar-refractivity contribution >= 4 is 35.3 Å². The maximum absolute atomic E-state index is 6.18. The number of nitrogens with one attached hydrogen (secondary N) is 1. The topological polar surface area (TPSA) is 28.2 Å². The summed E-state index contributed by atoms with van der Waals surface area (Å²) in [6.45, 7) is 4.11. The lowest BCUT2D eigenvalue weighted by Crippen LogP contribution is -2.45. The Morgan fingerprint density at radius 1 is 1.35 bits per heavy atom. The number of nitrogens with zero attached hydrogens (tertiary/aromatic N) is 2. The highest BCUT2D eigenvalue weighted by atomic mass is 35.5. The Balaban J connectivity index is 0.00000156. The zero-order valence-electron chi connectivity index (χ0n) is 12.9. The Morgan fingerprint density at radius 2 is 2.22 bits per heavy atom. The summed E-state index contributed by atoms with van der Waals surface area (Å²) in [6, 6.07) is 8.67. The van der Waals surface area contributed by atoms with Gasteiger partial charge >= 0.3 is 0 Å². The fourth-order valence-corrected chi connectivity index (χ4v) is 4.32. The Kier molecular flexibility index (Phi) is 5.60. The molecule has 1 saturated heterocycles. The smallest absolute Gasteiger partial charge is 0.0798 e. The van der Waals surface area contributed by atoms with Gasteiger partial charge in [0.2, 0.25) is 0 Å². The fourth-order valence-electron chi connectivity index (χ4n) is 3.25. The summed E-state index contributed by atoms with van der Waals surface area (Å²) in [7, 11) is 0. The van der Waals surface area contributed by atoms with Crippen LogP contribution in [0.4, 0.5) is 0 Å². The van der Waals surface area contributed by atoms with Gasteiger partial charge in [-0.2, -0.15) is 0 Å². The third-order valence-electron chi connectivity index (χ3n) is 4.57. The van der Waals surface area contributed by atoms with E-state index < -0.39 is 0 Å². The molecule has 6 heteroatoms. The summed E-state index contributed by atoms with van der Waals surface area (Å²) in [5, 5.41) is 4.33. The van der Waals surface area contributed by atoms with Crippen LogP contribution in [0.5, 0.6) is 0 Å². The van der Waals surface area contributed by atoms with E-state index in [4.69, 9.17) is 11.6 Å². The predicted molar refractivity (Wildman–Crippen MR) is 98.8 cm³/mol. The quantitative estimate of drug-likeness (QED) is 0.873. The second-order valence-corrected chi connectivity index (χ2v) is 7.56. The minimum absolute atomic E-state index is 0. The molecule has 1 aliphatic heterocycles. The molecule has 3 nitrogen and oxygen atoms in total. The monoisotopic (exact) mass is 369 g/mol. The van der Waals surface area contributed by atoms with Crippen LogP contribution >= 0.6 is 35.3 Å². The van der Waals surface area contributed by atoms with Crippen LogP contribution in [0, 0.1) is 0 Å². The van der Waals surface area contributed by atoms with Crippen molar-refractivity contribution in [2.75, 3.05) is 19.6 Å².